The summed E-state index contributed by atoms with van der Waals surface area (Å²) in [6, 6.07) is 12.1. The van der Waals surface area contributed by atoms with Gasteiger partial charge in [0, 0.05) is 33.8 Å². The van der Waals surface area contributed by atoms with Gasteiger partial charge in [-0.05, 0) is 38.0 Å². The highest BCUT2D eigenvalue weighted by Gasteiger charge is 2.16. The van der Waals surface area contributed by atoms with Crippen LogP contribution >= 0.6 is 23.2 Å². The van der Waals surface area contributed by atoms with Gasteiger partial charge in [-0.1, -0.05) is 67.1 Å². The van der Waals surface area contributed by atoms with Crippen LogP contribution in [0.5, 0.6) is 11.5 Å². The van der Waals surface area contributed by atoms with Crippen molar-refractivity contribution in [2.45, 2.75) is 64.6 Å². The highest BCUT2D eigenvalue weighted by molar-refractivity contribution is 6.35. The van der Waals surface area contributed by atoms with Crippen molar-refractivity contribution in [2.24, 2.45) is 0 Å². The molecule has 0 bridgehead atoms. The van der Waals surface area contributed by atoms with Crippen molar-refractivity contribution < 1.29 is 9.47 Å². The number of hydrogen-bond donors (Lipinski definition) is 1. The molecule has 0 aromatic heterocycles. The zero-order valence-electron chi connectivity index (χ0n) is 16.5. The smallest absolute Gasteiger partial charge is 0.166 e. The van der Waals surface area contributed by atoms with E-state index in [1.54, 1.807) is 6.07 Å². The summed E-state index contributed by atoms with van der Waals surface area (Å²) in [5, 5.41) is 4.96. The van der Waals surface area contributed by atoms with Gasteiger partial charge in [-0.25, -0.2) is 0 Å². The van der Waals surface area contributed by atoms with Gasteiger partial charge in [-0.15, -0.1) is 0 Å². The Kier molecular flexibility index (Phi) is 8.32. The summed E-state index contributed by atoms with van der Waals surface area (Å²) in [4.78, 5) is 0. The van der Waals surface area contributed by atoms with E-state index in [0.29, 0.717) is 29.3 Å². The van der Waals surface area contributed by atoms with Crippen molar-refractivity contribution in [1.82, 2.24) is 5.32 Å². The molecule has 28 heavy (non-hydrogen) atoms. The van der Waals surface area contributed by atoms with Crippen molar-refractivity contribution >= 4 is 23.2 Å². The van der Waals surface area contributed by atoms with Gasteiger partial charge in [0.25, 0.3) is 0 Å². The van der Waals surface area contributed by atoms with E-state index in [-0.39, 0.29) is 0 Å². The topological polar surface area (TPSA) is 30.5 Å². The Morgan fingerprint density at radius 1 is 0.964 bits per heavy atom. The van der Waals surface area contributed by atoms with E-state index < -0.39 is 0 Å². The third-order valence-corrected chi connectivity index (χ3v) is 5.77. The molecule has 1 N–H and O–H groups in total. The van der Waals surface area contributed by atoms with Crippen LogP contribution in [0.3, 0.4) is 0 Å². The molecule has 1 aliphatic rings. The van der Waals surface area contributed by atoms with E-state index in [4.69, 9.17) is 32.7 Å². The molecule has 3 nitrogen and oxygen atoms in total. The van der Waals surface area contributed by atoms with Crippen molar-refractivity contribution in [1.29, 1.82) is 0 Å². The number of halogens is 2. The van der Waals surface area contributed by atoms with E-state index in [1.165, 1.54) is 38.5 Å². The average molecular weight is 422 g/mol. The normalized spacial score (nSPS) is 15.2. The van der Waals surface area contributed by atoms with Gasteiger partial charge in [-0.2, -0.15) is 0 Å². The van der Waals surface area contributed by atoms with Gasteiger partial charge >= 0.3 is 0 Å². The summed E-state index contributed by atoms with van der Waals surface area (Å²) in [6.07, 6.45) is 7.84. The SMILES string of the molecule is CCOc1cccc(CNC2CCCCCC2)c1OCc1ccc(Cl)cc1Cl. The summed E-state index contributed by atoms with van der Waals surface area (Å²) in [5.74, 6) is 1.56. The Bertz CT molecular complexity index is 758. The van der Waals surface area contributed by atoms with Crippen LogP contribution in [0.2, 0.25) is 10.0 Å². The van der Waals surface area contributed by atoms with Gasteiger partial charge in [0.05, 0.1) is 6.61 Å². The first-order valence-corrected chi connectivity index (χ1v) is 11.0. The number of benzene rings is 2. The molecule has 2 aromatic rings. The first kappa shape index (κ1) is 21.3. The fourth-order valence-electron chi connectivity index (χ4n) is 3.66. The molecule has 0 atom stereocenters. The van der Waals surface area contributed by atoms with Crippen LogP contribution in [0.1, 0.15) is 56.6 Å². The Balaban J connectivity index is 1.73. The Morgan fingerprint density at radius 3 is 2.46 bits per heavy atom. The van der Waals surface area contributed by atoms with E-state index in [1.807, 2.05) is 31.2 Å². The number of rotatable bonds is 8. The molecule has 2 aromatic carbocycles. The molecule has 5 heteroatoms. The maximum Gasteiger partial charge on any atom is 0.166 e. The monoisotopic (exact) mass is 421 g/mol. The standard InChI is InChI=1S/C23H29Cl2NO2/c1-2-27-22-11-7-8-17(15-26-20-9-5-3-4-6-10-20)23(22)28-16-18-12-13-19(24)14-21(18)25/h7-8,11-14,20,26H,2-6,9-10,15-16H2,1H3. The maximum atomic E-state index is 6.31. The van der Waals surface area contributed by atoms with Crippen LogP contribution in [0.25, 0.3) is 0 Å². The average Bonchev–Trinajstić information content (AvgIpc) is 2.96. The molecular weight excluding hydrogens is 393 g/mol. The molecule has 1 aliphatic carbocycles. The number of para-hydroxylation sites is 1. The second-order valence-electron chi connectivity index (χ2n) is 7.27. The number of ether oxygens (including phenoxy) is 2. The zero-order valence-corrected chi connectivity index (χ0v) is 18.0. The lowest BCUT2D eigenvalue weighted by Gasteiger charge is -2.20. The molecule has 0 saturated heterocycles. The minimum Gasteiger partial charge on any atom is -0.490 e. The second kappa shape index (κ2) is 10.9. The van der Waals surface area contributed by atoms with Crippen LogP contribution in [-0.4, -0.2) is 12.6 Å². The molecular formula is C23H29Cl2NO2. The van der Waals surface area contributed by atoms with Gasteiger partial charge in [0.2, 0.25) is 0 Å². The predicted octanol–water partition coefficient (Wildman–Crippen LogP) is 6.78. The highest BCUT2D eigenvalue weighted by Crippen LogP contribution is 2.33. The van der Waals surface area contributed by atoms with E-state index in [9.17, 15) is 0 Å². The molecule has 1 fully saturated rings. The summed E-state index contributed by atoms with van der Waals surface area (Å²) >= 11 is 12.3. The van der Waals surface area contributed by atoms with Crippen LogP contribution in [0.15, 0.2) is 36.4 Å². The lowest BCUT2D eigenvalue weighted by molar-refractivity contribution is 0.265. The zero-order chi connectivity index (χ0) is 19.8. The molecule has 3 rings (SSSR count). The van der Waals surface area contributed by atoms with E-state index in [0.717, 1.165) is 29.2 Å². The molecule has 0 amide bonds. The molecule has 0 heterocycles. The lowest BCUT2D eigenvalue weighted by atomic mass is 10.1. The Labute approximate surface area is 178 Å². The number of nitrogens with one attached hydrogen (secondary N) is 1. The van der Waals surface area contributed by atoms with E-state index in [2.05, 4.69) is 11.4 Å². The van der Waals surface area contributed by atoms with Gasteiger partial charge in [0.1, 0.15) is 6.61 Å². The molecule has 0 aliphatic heterocycles. The second-order valence-corrected chi connectivity index (χ2v) is 8.11. The third kappa shape index (κ3) is 6.04. The fraction of sp³-hybridized carbons (Fsp3) is 0.478. The minimum atomic E-state index is 0.372. The van der Waals surface area contributed by atoms with Gasteiger partial charge < -0.3 is 14.8 Å². The molecule has 0 unspecified atom stereocenters. The fourth-order valence-corrected chi connectivity index (χ4v) is 4.12. The van der Waals surface area contributed by atoms with Gasteiger partial charge in [0.15, 0.2) is 11.5 Å². The molecule has 152 valence electrons. The summed E-state index contributed by atoms with van der Waals surface area (Å²) in [5.41, 5.74) is 2.01. The number of hydrogen-bond acceptors (Lipinski definition) is 3. The predicted molar refractivity (Wildman–Crippen MR) is 117 cm³/mol. The molecule has 0 spiro atoms. The Morgan fingerprint density at radius 2 is 1.75 bits per heavy atom. The lowest BCUT2D eigenvalue weighted by Crippen LogP contribution is -2.28. The quantitative estimate of drug-likeness (QED) is 0.476. The van der Waals surface area contributed by atoms with Crippen molar-refractivity contribution in [3.63, 3.8) is 0 Å². The molecule has 1 saturated carbocycles. The summed E-state index contributed by atoms with van der Waals surface area (Å²) in [6.45, 7) is 3.72. The maximum absolute atomic E-state index is 6.31. The summed E-state index contributed by atoms with van der Waals surface area (Å²) < 4.78 is 12.0. The Hall–Kier alpha value is -1.42. The van der Waals surface area contributed by atoms with E-state index >= 15 is 0 Å². The highest BCUT2D eigenvalue weighted by atomic mass is 35.5. The van der Waals surface area contributed by atoms with Crippen molar-refractivity contribution in [2.75, 3.05) is 6.61 Å². The van der Waals surface area contributed by atoms with Crippen molar-refractivity contribution in [3.8, 4) is 11.5 Å². The van der Waals surface area contributed by atoms with Crippen LogP contribution in [0.4, 0.5) is 0 Å². The first-order valence-electron chi connectivity index (χ1n) is 10.2. The first-order chi connectivity index (χ1) is 13.7. The van der Waals surface area contributed by atoms with Gasteiger partial charge in [-0.3, -0.25) is 0 Å². The third-order valence-electron chi connectivity index (χ3n) is 5.18. The van der Waals surface area contributed by atoms with Crippen LogP contribution in [0, 0.1) is 0 Å². The van der Waals surface area contributed by atoms with Crippen LogP contribution in [-0.2, 0) is 13.2 Å². The molecule has 0 radical (unpaired) electrons. The van der Waals surface area contributed by atoms with Crippen molar-refractivity contribution in [3.05, 3.63) is 57.6 Å². The largest absolute Gasteiger partial charge is 0.490 e. The van der Waals surface area contributed by atoms with Crippen LogP contribution < -0.4 is 14.8 Å². The summed E-state index contributed by atoms with van der Waals surface area (Å²) in [7, 11) is 0. The minimum absolute atomic E-state index is 0.372.